The van der Waals surface area contributed by atoms with E-state index < -0.39 is 9.75 Å². The van der Waals surface area contributed by atoms with E-state index in [1.807, 2.05) is 0 Å². The summed E-state index contributed by atoms with van der Waals surface area (Å²) in [7, 11) is 3.02. The van der Waals surface area contributed by atoms with Crippen LogP contribution in [0.3, 0.4) is 0 Å². The molecule has 0 aliphatic carbocycles. The Kier molecular flexibility index (Phi) is 4.74. The number of hydrogen-bond donors (Lipinski definition) is 0. The van der Waals surface area contributed by atoms with Gasteiger partial charge in [-0.3, -0.25) is 10.1 Å². The van der Waals surface area contributed by atoms with E-state index in [1.54, 1.807) is 12.1 Å². The minimum atomic E-state index is -0.598. The molecule has 1 atom stereocenters. The van der Waals surface area contributed by atoms with Crippen LogP contribution in [-0.4, -0.2) is 19.1 Å². The molecule has 0 fully saturated rings. The summed E-state index contributed by atoms with van der Waals surface area (Å²) in [5.74, 6) is 1.04. The van der Waals surface area contributed by atoms with E-state index in [0.717, 1.165) is 0 Å². The standard InChI is InChI=1S/C13H11BrClNO5/c1-19-10-5-7(8(15)6-11(10)20-2)13(14)9-3-4-12(21-9)16(17)18/h3-6,13H,1-2H3. The Morgan fingerprint density at radius 3 is 2.43 bits per heavy atom. The first-order chi connectivity index (χ1) is 9.97. The van der Waals surface area contributed by atoms with Crippen LogP contribution >= 0.6 is 27.5 Å². The van der Waals surface area contributed by atoms with Gasteiger partial charge in [-0.05, 0) is 17.7 Å². The van der Waals surface area contributed by atoms with E-state index in [9.17, 15) is 10.1 Å². The Bertz CT molecular complexity index is 673. The minimum absolute atomic E-state index is 0.328. The van der Waals surface area contributed by atoms with Crippen molar-refractivity contribution in [3.8, 4) is 11.5 Å². The van der Waals surface area contributed by atoms with Gasteiger partial charge >= 0.3 is 5.88 Å². The predicted octanol–water partition coefficient (Wildman–Crippen LogP) is 4.34. The largest absolute Gasteiger partial charge is 0.493 e. The maximum absolute atomic E-state index is 10.7. The third-order valence-corrected chi connectivity index (χ3v) is 4.09. The molecule has 1 heterocycles. The topological polar surface area (TPSA) is 74.7 Å². The number of furan rings is 1. The highest BCUT2D eigenvalue weighted by Gasteiger charge is 2.23. The monoisotopic (exact) mass is 375 g/mol. The average molecular weight is 377 g/mol. The fourth-order valence-electron chi connectivity index (χ4n) is 1.79. The average Bonchev–Trinajstić information content (AvgIpc) is 2.96. The van der Waals surface area contributed by atoms with Crippen molar-refractivity contribution in [1.29, 1.82) is 0 Å². The van der Waals surface area contributed by atoms with Crippen LogP contribution in [0.1, 0.15) is 16.2 Å². The first-order valence-corrected chi connectivity index (χ1v) is 7.07. The Balaban J connectivity index is 2.42. The third-order valence-electron chi connectivity index (χ3n) is 2.82. The van der Waals surface area contributed by atoms with E-state index in [2.05, 4.69) is 15.9 Å². The Labute approximate surface area is 133 Å². The zero-order chi connectivity index (χ0) is 15.6. The number of hydrogen-bond acceptors (Lipinski definition) is 5. The van der Waals surface area contributed by atoms with Crippen molar-refractivity contribution in [2.75, 3.05) is 14.2 Å². The fraction of sp³-hybridized carbons (Fsp3) is 0.231. The number of halogens is 2. The maximum Gasteiger partial charge on any atom is 0.433 e. The molecule has 112 valence electrons. The van der Waals surface area contributed by atoms with Crippen molar-refractivity contribution in [1.82, 2.24) is 0 Å². The second-order valence-corrected chi connectivity index (χ2v) is 5.35. The van der Waals surface area contributed by atoms with Gasteiger partial charge in [0.1, 0.15) is 10.7 Å². The number of alkyl halides is 1. The van der Waals surface area contributed by atoms with Gasteiger partial charge in [0.15, 0.2) is 11.5 Å². The van der Waals surface area contributed by atoms with Gasteiger partial charge in [0.2, 0.25) is 0 Å². The smallest absolute Gasteiger partial charge is 0.433 e. The van der Waals surface area contributed by atoms with Crippen molar-refractivity contribution in [3.63, 3.8) is 0 Å². The van der Waals surface area contributed by atoms with Crippen LogP contribution in [0.15, 0.2) is 28.7 Å². The Morgan fingerprint density at radius 1 is 1.29 bits per heavy atom. The fourth-order valence-corrected chi connectivity index (χ4v) is 2.81. The van der Waals surface area contributed by atoms with Gasteiger partial charge in [0.05, 0.1) is 25.1 Å². The molecule has 1 aromatic carbocycles. The molecule has 2 aromatic rings. The maximum atomic E-state index is 10.7. The van der Waals surface area contributed by atoms with Crippen LogP contribution in [0.2, 0.25) is 5.02 Å². The summed E-state index contributed by atoms with van der Waals surface area (Å²) in [6, 6.07) is 6.11. The number of nitro groups is 1. The van der Waals surface area contributed by atoms with Crippen molar-refractivity contribution >= 4 is 33.4 Å². The van der Waals surface area contributed by atoms with Crippen molar-refractivity contribution in [2.24, 2.45) is 0 Å². The van der Waals surface area contributed by atoms with Crippen LogP contribution in [-0.2, 0) is 0 Å². The first-order valence-electron chi connectivity index (χ1n) is 5.77. The van der Waals surface area contributed by atoms with Crippen LogP contribution < -0.4 is 9.47 Å². The highest BCUT2D eigenvalue weighted by Crippen LogP contribution is 2.42. The first kappa shape index (κ1) is 15.7. The molecule has 6 nitrogen and oxygen atoms in total. The van der Waals surface area contributed by atoms with Crippen LogP contribution in [0.25, 0.3) is 0 Å². The van der Waals surface area contributed by atoms with Gasteiger partial charge in [-0.1, -0.05) is 27.5 Å². The zero-order valence-electron chi connectivity index (χ0n) is 11.1. The summed E-state index contributed by atoms with van der Waals surface area (Å²) in [5.41, 5.74) is 0.651. The molecule has 0 aliphatic rings. The second-order valence-electron chi connectivity index (χ2n) is 4.02. The summed E-state index contributed by atoms with van der Waals surface area (Å²) in [6.07, 6.45) is 0. The van der Waals surface area contributed by atoms with E-state index in [-0.39, 0.29) is 5.88 Å². The molecule has 0 radical (unpaired) electrons. The van der Waals surface area contributed by atoms with Crippen LogP contribution in [0.4, 0.5) is 5.88 Å². The zero-order valence-corrected chi connectivity index (χ0v) is 13.5. The second kappa shape index (κ2) is 6.36. The van der Waals surface area contributed by atoms with Crippen molar-refractivity contribution in [2.45, 2.75) is 4.83 Å². The van der Waals surface area contributed by atoms with Crippen molar-refractivity contribution in [3.05, 3.63) is 50.7 Å². The van der Waals surface area contributed by atoms with Gasteiger partial charge in [0, 0.05) is 11.1 Å². The molecule has 0 aliphatic heterocycles. The quantitative estimate of drug-likeness (QED) is 0.441. The minimum Gasteiger partial charge on any atom is -0.493 e. The molecule has 1 unspecified atom stereocenters. The summed E-state index contributed by atoms with van der Waals surface area (Å²) in [6.45, 7) is 0. The van der Waals surface area contributed by atoms with Gasteiger partial charge < -0.3 is 13.9 Å². The number of ether oxygens (including phenoxy) is 2. The van der Waals surface area contributed by atoms with Gasteiger partial charge in [-0.15, -0.1) is 0 Å². The Hall–Kier alpha value is -1.73. The molecule has 0 spiro atoms. The summed E-state index contributed by atoms with van der Waals surface area (Å²) in [4.78, 5) is 9.61. The third kappa shape index (κ3) is 3.14. The highest BCUT2D eigenvalue weighted by atomic mass is 79.9. The number of benzene rings is 1. The van der Waals surface area contributed by atoms with Gasteiger partial charge in [-0.2, -0.15) is 0 Å². The molecule has 21 heavy (non-hydrogen) atoms. The molecule has 0 amide bonds. The molecule has 8 heteroatoms. The van der Waals surface area contributed by atoms with Crippen LogP contribution in [0, 0.1) is 10.1 Å². The predicted molar refractivity (Wildman–Crippen MR) is 80.7 cm³/mol. The number of nitrogens with zero attached hydrogens (tertiary/aromatic N) is 1. The summed E-state index contributed by atoms with van der Waals surface area (Å²) < 4.78 is 15.5. The van der Waals surface area contributed by atoms with E-state index in [0.29, 0.717) is 27.8 Å². The molecule has 2 rings (SSSR count). The molecular formula is C13H11BrClNO5. The van der Waals surface area contributed by atoms with Gasteiger partial charge in [0.25, 0.3) is 0 Å². The number of rotatable bonds is 5. The van der Waals surface area contributed by atoms with E-state index in [1.165, 1.54) is 26.4 Å². The van der Waals surface area contributed by atoms with Gasteiger partial charge in [-0.25, -0.2) is 0 Å². The highest BCUT2D eigenvalue weighted by molar-refractivity contribution is 9.09. The lowest BCUT2D eigenvalue weighted by molar-refractivity contribution is -0.402. The Morgan fingerprint density at radius 2 is 1.90 bits per heavy atom. The van der Waals surface area contributed by atoms with Crippen molar-refractivity contribution < 1.29 is 18.8 Å². The lowest BCUT2D eigenvalue weighted by Gasteiger charge is -2.14. The lowest BCUT2D eigenvalue weighted by atomic mass is 10.1. The molecule has 0 bridgehead atoms. The molecule has 0 N–H and O–H groups in total. The summed E-state index contributed by atoms with van der Waals surface area (Å²) in [5, 5.41) is 11.1. The molecule has 0 saturated carbocycles. The normalized spacial score (nSPS) is 12.0. The summed E-state index contributed by atoms with van der Waals surface area (Å²) >= 11 is 9.63. The van der Waals surface area contributed by atoms with E-state index in [4.69, 9.17) is 25.5 Å². The van der Waals surface area contributed by atoms with Crippen LogP contribution in [0.5, 0.6) is 11.5 Å². The lowest BCUT2D eigenvalue weighted by Crippen LogP contribution is -1.97. The number of methoxy groups -OCH3 is 2. The molecule has 0 saturated heterocycles. The van der Waals surface area contributed by atoms with E-state index >= 15 is 0 Å². The molecular weight excluding hydrogens is 366 g/mol. The molecule has 1 aromatic heterocycles. The SMILES string of the molecule is COc1cc(Cl)c(C(Br)c2ccc([N+](=O)[O-])o2)cc1OC.